The van der Waals surface area contributed by atoms with Crippen molar-refractivity contribution in [3.05, 3.63) is 20.2 Å². The second-order valence-corrected chi connectivity index (χ2v) is 5.93. The van der Waals surface area contributed by atoms with Crippen LogP contribution in [-0.4, -0.2) is 65.6 Å². The summed E-state index contributed by atoms with van der Waals surface area (Å²) in [6, 6.07) is 0. The van der Waals surface area contributed by atoms with Gasteiger partial charge in [-0.1, -0.05) is 0 Å². The predicted molar refractivity (Wildman–Crippen MR) is 65.6 cm³/mol. The molecular formula is C6H12Br2N2O8. The van der Waals surface area contributed by atoms with Crippen molar-refractivity contribution in [3.8, 4) is 0 Å². The van der Waals surface area contributed by atoms with E-state index in [-0.39, 0.29) is 0 Å². The molecule has 0 aliphatic carbocycles. The standard InChI is InChI=1S/2C3H6BrNO4/c2*4-3(1-6,2-7)5(8)9/h2*6-7H,1-2H2. The Bertz CT molecular complexity index is 253. The molecule has 0 aromatic heterocycles. The SMILES string of the molecule is O=[N+]([O-])C(Br)(CO)CO.O=[N+]([O-])C(Br)(CO)CO. The molecule has 0 aromatic carbocycles. The normalized spacial score (nSPS) is 11.4. The minimum Gasteiger partial charge on any atom is -0.388 e. The Morgan fingerprint density at radius 3 is 0.944 bits per heavy atom. The van der Waals surface area contributed by atoms with Crippen molar-refractivity contribution in [2.45, 2.75) is 8.90 Å². The summed E-state index contributed by atoms with van der Waals surface area (Å²) in [5.74, 6) is 0. The smallest absolute Gasteiger partial charge is 0.319 e. The number of aliphatic hydroxyl groups is 4. The van der Waals surface area contributed by atoms with E-state index in [0.29, 0.717) is 0 Å². The Morgan fingerprint density at radius 2 is 0.944 bits per heavy atom. The van der Waals surface area contributed by atoms with Crippen molar-refractivity contribution in [3.63, 3.8) is 0 Å². The zero-order valence-electron chi connectivity index (χ0n) is 8.90. The summed E-state index contributed by atoms with van der Waals surface area (Å²) in [5, 5.41) is 53.1. The van der Waals surface area contributed by atoms with E-state index in [2.05, 4.69) is 31.9 Å². The Labute approximate surface area is 118 Å². The molecule has 0 saturated carbocycles. The van der Waals surface area contributed by atoms with Gasteiger partial charge in [0, 0.05) is 41.7 Å². The van der Waals surface area contributed by atoms with E-state index in [1.165, 1.54) is 0 Å². The van der Waals surface area contributed by atoms with Gasteiger partial charge in [0.1, 0.15) is 26.4 Å². The molecule has 12 heteroatoms. The van der Waals surface area contributed by atoms with Crippen LogP contribution in [0.3, 0.4) is 0 Å². The van der Waals surface area contributed by atoms with Gasteiger partial charge in [0.15, 0.2) is 0 Å². The number of nitro groups is 2. The van der Waals surface area contributed by atoms with Crippen LogP contribution < -0.4 is 0 Å². The lowest BCUT2D eigenvalue weighted by molar-refractivity contribution is -0.542. The van der Waals surface area contributed by atoms with Crippen molar-refractivity contribution in [2.24, 2.45) is 0 Å². The third-order valence-corrected chi connectivity index (χ3v) is 3.21. The molecule has 0 atom stereocenters. The van der Waals surface area contributed by atoms with Crippen molar-refractivity contribution in [1.29, 1.82) is 0 Å². The maximum absolute atomic E-state index is 9.92. The summed E-state index contributed by atoms with van der Waals surface area (Å²) in [6.45, 7) is -2.90. The molecule has 0 fully saturated rings. The molecule has 10 nitrogen and oxygen atoms in total. The van der Waals surface area contributed by atoms with Crippen molar-refractivity contribution < 1.29 is 30.3 Å². The first-order valence-electron chi connectivity index (χ1n) is 4.23. The molecule has 18 heavy (non-hydrogen) atoms. The average Bonchev–Trinajstić information content (AvgIpc) is 2.36. The van der Waals surface area contributed by atoms with Crippen LogP contribution in [0.4, 0.5) is 0 Å². The molecule has 0 amide bonds. The van der Waals surface area contributed by atoms with Crippen LogP contribution in [0.1, 0.15) is 0 Å². The van der Waals surface area contributed by atoms with E-state index in [9.17, 15) is 20.2 Å². The van der Waals surface area contributed by atoms with Crippen LogP contribution in [0.5, 0.6) is 0 Å². The number of alkyl halides is 2. The Balaban J connectivity index is 0. The quantitative estimate of drug-likeness (QED) is 0.184. The van der Waals surface area contributed by atoms with Gasteiger partial charge < -0.3 is 20.4 Å². The van der Waals surface area contributed by atoms with E-state index < -0.39 is 45.2 Å². The van der Waals surface area contributed by atoms with Crippen LogP contribution in [0.15, 0.2) is 0 Å². The van der Waals surface area contributed by atoms with Crippen molar-refractivity contribution in [1.82, 2.24) is 0 Å². The molecule has 0 radical (unpaired) electrons. The van der Waals surface area contributed by atoms with Crippen molar-refractivity contribution in [2.75, 3.05) is 26.4 Å². The number of halogens is 2. The molecule has 0 spiro atoms. The Hall–Kier alpha value is -0.400. The molecule has 0 unspecified atom stereocenters. The van der Waals surface area contributed by atoms with Crippen molar-refractivity contribution >= 4 is 31.9 Å². The molecule has 4 N–H and O–H groups in total. The first-order valence-corrected chi connectivity index (χ1v) is 5.82. The zero-order chi connectivity index (χ0) is 15.0. The topological polar surface area (TPSA) is 167 Å². The molecule has 0 aliphatic rings. The number of nitrogens with zero attached hydrogens (tertiary/aromatic N) is 2. The number of aliphatic hydroxyl groups excluding tert-OH is 4. The van der Waals surface area contributed by atoms with Crippen LogP contribution in [0, 0.1) is 20.2 Å². The first kappa shape index (κ1) is 19.9. The molecule has 0 rings (SSSR count). The molecule has 0 saturated heterocycles. The summed E-state index contributed by atoms with van der Waals surface area (Å²) in [4.78, 5) is 18.3. The summed E-state index contributed by atoms with van der Waals surface area (Å²) in [7, 11) is 0. The van der Waals surface area contributed by atoms with Gasteiger partial charge in [-0.3, -0.25) is 20.2 Å². The molecule has 0 bridgehead atoms. The Morgan fingerprint density at radius 1 is 0.778 bits per heavy atom. The zero-order valence-corrected chi connectivity index (χ0v) is 12.1. The average molecular weight is 400 g/mol. The third-order valence-electron chi connectivity index (χ3n) is 1.62. The number of hydrogen-bond donors (Lipinski definition) is 4. The minimum absolute atomic E-state index is 0.726. The van der Waals surface area contributed by atoms with Gasteiger partial charge in [-0.15, -0.1) is 0 Å². The lowest BCUT2D eigenvalue weighted by Gasteiger charge is -2.11. The summed E-state index contributed by atoms with van der Waals surface area (Å²) < 4.78 is -3.54. The number of rotatable bonds is 6. The van der Waals surface area contributed by atoms with Crippen LogP contribution in [-0.2, 0) is 0 Å². The van der Waals surface area contributed by atoms with Crippen LogP contribution >= 0.6 is 31.9 Å². The first-order chi connectivity index (χ1) is 8.13. The fourth-order valence-corrected chi connectivity index (χ4v) is 0.331. The highest BCUT2D eigenvalue weighted by Gasteiger charge is 2.38. The van der Waals surface area contributed by atoms with E-state index in [0.717, 1.165) is 0 Å². The molecule has 0 aromatic rings. The largest absolute Gasteiger partial charge is 0.388 e. The summed E-state index contributed by atoms with van der Waals surface area (Å²) >= 11 is 5.10. The summed E-state index contributed by atoms with van der Waals surface area (Å²) in [5.41, 5.74) is 0. The summed E-state index contributed by atoms with van der Waals surface area (Å²) in [6.07, 6.45) is 0. The second kappa shape index (κ2) is 8.66. The van der Waals surface area contributed by atoms with E-state index in [1.54, 1.807) is 0 Å². The van der Waals surface area contributed by atoms with Gasteiger partial charge in [-0.25, -0.2) is 0 Å². The fourth-order valence-electron chi connectivity index (χ4n) is 0.331. The highest BCUT2D eigenvalue weighted by Crippen LogP contribution is 2.16. The maximum atomic E-state index is 9.92. The van der Waals surface area contributed by atoms with Gasteiger partial charge in [0.25, 0.3) is 0 Å². The Kier molecular flexibility index (Phi) is 9.59. The predicted octanol–water partition coefficient (Wildman–Crippen LogP) is -1.32. The second-order valence-electron chi connectivity index (χ2n) is 2.98. The lowest BCUT2D eigenvalue weighted by atomic mass is 10.4. The molecule has 0 aliphatic heterocycles. The fraction of sp³-hybridized carbons (Fsp3) is 1.00. The van der Waals surface area contributed by atoms with Crippen LogP contribution in [0.25, 0.3) is 0 Å². The monoisotopic (exact) mass is 398 g/mol. The molecule has 0 heterocycles. The number of hydrogen-bond acceptors (Lipinski definition) is 8. The van der Waals surface area contributed by atoms with Gasteiger partial charge in [0.2, 0.25) is 0 Å². The highest BCUT2D eigenvalue weighted by atomic mass is 79.9. The maximum Gasteiger partial charge on any atom is 0.319 e. The molecule has 108 valence electrons. The van der Waals surface area contributed by atoms with Gasteiger partial charge in [0.05, 0.1) is 0 Å². The minimum atomic E-state index is -1.77. The lowest BCUT2D eigenvalue weighted by Crippen LogP contribution is -2.39. The highest BCUT2D eigenvalue weighted by molar-refractivity contribution is 9.10. The van der Waals surface area contributed by atoms with E-state index in [1.807, 2.05) is 0 Å². The molecular weight excluding hydrogens is 388 g/mol. The van der Waals surface area contributed by atoms with E-state index in [4.69, 9.17) is 20.4 Å². The third kappa shape index (κ3) is 5.97. The van der Waals surface area contributed by atoms with Crippen LogP contribution in [0.2, 0.25) is 0 Å². The van der Waals surface area contributed by atoms with E-state index >= 15 is 0 Å². The van der Waals surface area contributed by atoms with Gasteiger partial charge >= 0.3 is 8.90 Å². The van der Waals surface area contributed by atoms with Gasteiger partial charge in [-0.2, -0.15) is 0 Å². The van der Waals surface area contributed by atoms with Gasteiger partial charge in [-0.05, 0) is 0 Å².